The quantitative estimate of drug-likeness (QED) is 0.213. The minimum Gasteiger partial charge on any atom is -0.389 e. The van der Waals surface area contributed by atoms with Gasteiger partial charge < -0.3 is 20.8 Å². The minimum atomic E-state index is -1.45. The van der Waals surface area contributed by atoms with Crippen molar-refractivity contribution in [1.82, 2.24) is 20.7 Å². The zero-order valence-corrected chi connectivity index (χ0v) is 14.0. The van der Waals surface area contributed by atoms with Crippen LogP contribution < -0.4 is 10.6 Å². The van der Waals surface area contributed by atoms with Gasteiger partial charge in [0.05, 0.1) is 35.9 Å². The van der Waals surface area contributed by atoms with Crippen LogP contribution in [0.4, 0.5) is 9.59 Å². The van der Waals surface area contributed by atoms with E-state index in [0.717, 1.165) is 0 Å². The number of amides is 4. The highest BCUT2D eigenvalue weighted by Gasteiger charge is 2.21. The lowest BCUT2D eigenvalue weighted by atomic mass is 10.2. The molecule has 0 aliphatic heterocycles. The molecule has 4 N–H and O–H groups in total. The molecule has 0 aliphatic carbocycles. The van der Waals surface area contributed by atoms with E-state index in [9.17, 15) is 29.6 Å². The molecule has 138 valence electrons. The second-order valence-corrected chi connectivity index (χ2v) is 5.05. The van der Waals surface area contributed by atoms with Crippen LogP contribution in [0, 0.1) is 9.81 Å². The molecular formula is C10H18Cl2N6O6. The fraction of sp³-hybridized carbons (Fsp3) is 0.800. The van der Waals surface area contributed by atoms with Gasteiger partial charge in [-0.15, -0.1) is 33.0 Å². The smallest absolute Gasteiger partial charge is 0.340 e. The van der Waals surface area contributed by atoms with E-state index in [1.807, 2.05) is 0 Å². The summed E-state index contributed by atoms with van der Waals surface area (Å²) in [6.45, 7) is -1.08. The predicted octanol–water partition coefficient (Wildman–Crippen LogP) is -0.428. The van der Waals surface area contributed by atoms with E-state index in [2.05, 4.69) is 21.2 Å². The van der Waals surface area contributed by atoms with E-state index in [1.165, 1.54) is 0 Å². The molecule has 0 saturated heterocycles. The third-order valence-electron chi connectivity index (χ3n) is 2.63. The molecule has 0 aliphatic rings. The van der Waals surface area contributed by atoms with Crippen molar-refractivity contribution in [3.8, 4) is 0 Å². The number of carbonyl (C=O) groups is 2. The number of rotatable bonds is 11. The number of nitroso groups, excluding NO2 is 2. The maximum atomic E-state index is 11.5. The van der Waals surface area contributed by atoms with Crippen LogP contribution in [0.1, 0.15) is 0 Å². The Morgan fingerprint density at radius 3 is 1.46 bits per heavy atom. The van der Waals surface area contributed by atoms with E-state index >= 15 is 0 Å². The number of halogens is 2. The topological polar surface area (TPSA) is 164 Å². The van der Waals surface area contributed by atoms with Crippen molar-refractivity contribution in [2.24, 2.45) is 10.6 Å². The summed E-state index contributed by atoms with van der Waals surface area (Å²) < 4.78 is 0. The molecule has 12 nitrogen and oxygen atoms in total. The lowest BCUT2D eigenvalue weighted by Crippen LogP contribution is -2.48. The highest BCUT2D eigenvalue weighted by molar-refractivity contribution is 6.18. The van der Waals surface area contributed by atoms with Crippen LogP contribution in [0.15, 0.2) is 10.6 Å². The van der Waals surface area contributed by atoms with Gasteiger partial charge in [-0.2, -0.15) is 10.0 Å². The highest BCUT2D eigenvalue weighted by Crippen LogP contribution is 1.97. The lowest BCUT2D eigenvalue weighted by molar-refractivity contribution is 0.0225. The maximum Gasteiger partial charge on any atom is 0.340 e. The Labute approximate surface area is 146 Å². The molecule has 0 spiro atoms. The normalized spacial score (nSPS) is 12.7. The number of aliphatic hydroxyl groups is 2. The SMILES string of the molecule is O=NN(CCCl)C(=O)NC[C@H](O)[C@@H](O)CNC(=O)N(CCCl)N=O. The van der Waals surface area contributed by atoms with Crippen LogP contribution in [0.5, 0.6) is 0 Å². The van der Waals surface area contributed by atoms with E-state index in [4.69, 9.17) is 23.2 Å². The molecule has 4 amide bonds. The molecule has 0 unspecified atom stereocenters. The number of aliphatic hydroxyl groups excluding tert-OH is 2. The summed E-state index contributed by atoms with van der Waals surface area (Å²) in [6, 6.07) is -1.81. The molecule has 0 aromatic heterocycles. The van der Waals surface area contributed by atoms with Crippen LogP contribution in [0.2, 0.25) is 0 Å². The molecule has 0 aromatic carbocycles. The largest absolute Gasteiger partial charge is 0.389 e. The Morgan fingerprint density at radius 1 is 0.875 bits per heavy atom. The van der Waals surface area contributed by atoms with Crippen molar-refractivity contribution < 1.29 is 19.8 Å². The van der Waals surface area contributed by atoms with Crippen molar-refractivity contribution in [3.05, 3.63) is 9.81 Å². The molecule has 0 aromatic rings. The molecule has 14 heteroatoms. The van der Waals surface area contributed by atoms with Crippen molar-refractivity contribution >= 4 is 35.3 Å². The van der Waals surface area contributed by atoms with Gasteiger partial charge in [0.1, 0.15) is 0 Å². The second kappa shape index (κ2) is 12.6. The van der Waals surface area contributed by atoms with Gasteiger partial charge in [0.25, 0.3) is 0 Å². The number of hydrogen-bond donors (Lipinski definition) is 4. The molecule has 0 radical (unpaired) electrons. The van der Waals surface area contributed by atoms with Crippen LogP contribution in [0.3, 0.4) is 0 Å². The van der Waals surface area contributed by atoms with E-state index in [-0.39, 0.29) is 24.8 Å². The van der Waals surface area contributed by atoms with Gasteiger partial charge >= 0.3 is 12.1 Å². The van der Waals surface area contributed by atoms with Crippen LogP contribution in [-0.4, -0.2) is 82.4 Å². The zero-order chi connectivity index (χ0) is 18.5. The molecule has 0 heterocycles. The van der Waals surface area contributed by atoms with Gasteiger partial charge in [-0.25, -0.2) is 9.59 Å². The third kappa shape index (κ3) is 8.19. The summed E-state index contributed by atoms with van der Waals surface area (Å²) in [4.78, 5) is 43.8. The van der Waals surface area contributed by atoms with E-state index in [1.54, 1.807) is 0 Å². The molecule has 0 rings (SSSR count). The highest BCUT2D eigenvalue weighted by atomic mass is 35.5. The van der Waals surface area contributed by atoms with Crippen LogP contribution in [-0.2, 0) is 0 Å². The Hall–Kier alpha value is -1.76. The summed E-state index contributed by atoms with van der Waals surface area (Å²) in [7, 11) is 0. The molecule has 0 saturated carbocycles. The monoisotopic (exact) mass is 388 g/mol. The predicted molar refractivity (Wildman–Crippen MR) is 85.3 cm³/mol. The Balaban J connectivity index is 4.25. The summed E-state index contributed by atoms with van der Waals surface area (Å²) in [6.07, 6.45) is -2.91. The number of carbonyl (C=O) groups excluding carboxylic acids is 2. The standard InChI is InChI=1S/C10H18Cl2N6O6/c11-1-3-17(15-23)9(21)13-5-7(19)8(20)6-14-10(22)18(16-24)4-2-12/h7-8,19-20H,1-6H2,(H,13,21)(H,14,22)/t7-,8-/m0/s1. The number of alkyl halides is 2. The van der Waals surface area contributed by atoms with Gasteiger partial charge in [0.2, 0.25) is 0 Å². The van der Waals surface area contributed by atoms with Crippen LogP contribution in [0.25, 0.3) is 0 Å². The number of urea groups is 2. The van der Waals surface area contributed by atoms with Gasteiger partial charge in [0, 0.05) is 24.8 Å². The number of nitrogens with one attached hydrogen (secondary N) is 2. The molecule has 0 bridgehead atoms. The Morgan fingerprint density at radius 2 is 1.21 bits per heavy atom. The zero-order valence-electron chi connectivity index (χ0n) is 12.5. The summed E-state index contributed by atoms with van der Waals surface area (Å²) >= 11 is 10.7. The average molecular weight is 389 g/mol. The first-order valence-corrected chi connectivity index (χ1v) is 7.73. The maximum absolute atomic E-state index is 11.5. The Kier molecular flexibility index (Phi) is 11.7. The number of hydrogen-bond acceptors (Lipinski definition) is 8. The number of nitrogens with zero attached hydrogens (tertiary/aromatic N) is 4. The molecule has 0 fully saturated rings. The fourth-order valence-electron chi connectivity index (χ4n) is 1.36. The van der Waals surface area contributed by atoms with Gasteiger partial charge in [-0.05, 0) is 0 Å². The van der Waals surface area contributed by atoms with Gasteiger partial charge in [-0.1, -0.05) is 0 Å². The minimum absolute atomic E-state index is 0.0139. The average Bonchev–Trinajstić information content (AvgIpc) is 2.59. The third-order valence-corrected chi connectivity index (χ3v) is 2.97. The molecule has 24 heavy (non-hydrogen) atoms. The molecular weight excluding hydrogens is 371 g/mol. The van der Waals surface area contributed by atoms with Crippen molar-refractivity contribution in [3.63, 3.8) is 0 Å². The first-order chi connectivity index (χ1) is 11.4. The lowest BCUT2D eigenvalue weighted by Gasteiger charge is -2.21. The van der Waals surface area contributed by atoms with Gasteiger partial charge in [-0.3, -0.25) is 0 Å². The first kappa shape index (κ1) is 22.2. The molecule has 2 atom stereocenters. The van der Waals surface area contributed by atoms with Crippen LogP contribution >= 0.6 is 23.2 Å². The Bertz CT molecular complexity index is 393. The summed E-state index contributed by atoms with van der Waals surface area (Å²) in [5, 5.41) is 29.5. The van der Waals surface area contributed by atoms with Crippen molar-refractivity contribution in [2.75, 3.05) is 37.9 Å². The van der Waals surface area contributed by atoms with Gasteiger partial charge in [0.15, 0.2) is 0 Å². The second-order valence-electron chi connectivity index (χ2n) is 4.29. The van der Waals surface area contributed by atoms with Crippen molar-refractivity contribution in [1.29, 1.82) is 0 Å². The summed E-state index contributed by atoms with van der Waals surface area (Å²) in [5.41, 5.74) is 0. The fourth-order valence-corrected chi connectivity index (χ4v) is 1.68. The van der Waals surface area contributed by atoms with E-state index < -0.39 is 37.4 Å². The van der Waals surface area contributed by atoms with Crippen molar-refractivity contribution in [2.45, 2.75) is 12.2 Å². The van der Waals surface area contributed by atoms with E-state index in [0.29, 0.717) is 10.0 Å². The summed E-state index contributed by atoms with van der Waals surface area (Å²) in [5.74, 6) is -0.0279. The first-order valence-electron chi connectivity index (χ1n) is 6.66.